The van der Waals surface area contributed by atoms with Gasteiger partial charge in [0.1, 0.15) is 0 Å². The van der Waals surface area contributed by atoms with Crippen LogP contribution in [0, 0.1) is 0 Å². The van der Waals surface area contributed by atoms with Gasteiger partial charge in [0, 0.05) is 20.2 Å². The quantitative estimate of drug-likeness (QED) is 0.248. The third-order valence-corrected chi connectivity index (χ3v) is 7.35. The lowest BCUT2D eigenvalue weighted by molar-refractivity contribution is 1.72. The molecule has 0 saturated carbocycles. The highest BCUT2D eigenvalue weighted by molar-refractivity contribution is 7.25. The Hall–Kier alpha value is -3.42. The van der Waals surface area contributed by atoms with E-state index < -0.39 is 0 Å². The standard InChI is InChI=1S/C28H16S/c1-2-7-25-22(6-1)23-14-12-20(16-26(23)29-25)21-13-10-19-9-8-17-4-3-5-18-11-15-24(21)28(19)27(17)18/h1-16H. The lowest BCUT2D eigenvalue weighted by atomic mass is 9.90. The number of rotatable bonds is 1. The predicted molar refractivity (Wildman–Crippen MR) is 128 cm³/mol. The van der Waals surface area contributed by atoms with Gasteiger partial charge in [-0.3, -0.25) is 0 Å². The molecule has 1 heteroatoms. The SMILES string of the molecule is c1cc2ccc3ccc(-c4ccc5c(c4)sc4ccccc45)c4ccc(c1)c2c34. The molecule has 0 N–H and O–H groups in total. The Labute approximate surface area is 172 Å². The fourth-order valence-electron chi connectivity index (χ4n) is 4.88. The topological polar surface area (TPSA) is 0 Å². The molecular formula is C28H16S. The van der Waals surface area contributed by atoms with Crippen molar-refractivity contribution in [1.29, 1.82) is 0 Å². The van der Waals surface area contributed by atoms with Gasteiger partial charge in [-0.05, 0) is 55.6 Å². The summed E-state index contributed by atoms with van der Waals surface area (Å²) in [4.78, 5) is 0. The molecule has 0 nitrogen and oxygen atoms in total. The molecule has 134 valence electrons. The number of hydrogen-bond acceptors (Lipinski definition) is 1. The summed E-state index contributed by atoms with van der Waals surface area (Å²) >= 11 is 1.88. The highest BCUT2D eigenvalue weighted by atomic mass is 32.1. The molecule has 1 aromatic heterocycles. The predicted octanol–water partition coefficient (Wildman–Crippen LogP) is 8.62. The Morgan fingerprint density at radius 2 is 1.14 bits per heavy atom. The normalized spacial score (nSPS) is 12.1. The van der Waals surface area contributed by atoms with Crippen LogP contribution in [-0.2, 0) is 0 Å². The van der Waals surface area contributed by atoms with Crippen molar-refractivity contribution in [3.8, 4) is 11.1 Å². The van der Waals surface area contributed by atoms with Crippen molar-refractivity contribution in [1.82, 2.24) is 0 Å². The number of thiophene rings is 1. The first-order valence-electron chi connectivity index (χ1n) is 9.95. The van der Waals surface area contributed by atoms with Crippen LogP contribution in [0.25, 0.3) is 63.6 Å². The van der Waals surface area contributed by atoms with E-state index in [0.717, 1.165) is 0 Å². The zero-order valence-corrected chi connectivity index (χ0v) is 16.5. The first kappa shape index (κ1) is 15.5. The molecule has 1 heterocycles. The Kier molecular flexibility index (Phi) is 2.97. The lowest BCUT2D eigenvalue weighted by Crippen LogP contribution is -1.87. The second-order valence-corrected chi connectivity index (χ2v) is 8.86. The highest BCUT2D eigenvalue weighted by Crippen LogP contribution is 2.41. The zero-order valence-electron chi connectivity index (χ0n) is 15.6. The summed E-state index contributed by atoms with van der Waals surface area (Å²) in [5.41, 5.74) is 2.61. The summed E-state index contributed by atoms with van der Waals surface area (Å²) in [6.45, 7) is 0. The minimum Gasteiger partial charge on any atom is -0.135 e. The third-order valence-electron chi connectivity index (χ3n) is 6.22. The van der Waals surface area contributed by atoms with Gasteiger partial charge in [-0.15, -0.1) is 11.3 Å². The van der Waals surface area contributed by atoms with Gasteiger partial charge in [0.2, 0.25) is 0 Å². The Balaban J connectivity index is 1.57. The summed E-state index contributed by atoms with van der Waals surface area (Å²) in [6.07, 6.45) is 0. The van der Waals surface area contributed by atoms with Gasteiger partial charge < -0.3 is 0 Å². The van der Waals surface area contributed by atoms with E-state index in [9.17, 15) is 0 Å². The molecule has 7 rings (SSSR count). The first-order chi connectivity index (χ1) is 14.4. The minimum atomic E-state index is 1.29. The third kappa shape index (κ3) is 2.08. The number of benzene rings is 6. The molecule has 0 unspecified atom stereocenters. The molecule has 0 spiro atoms. The van der Waals surface area contributed by atoms with Gasteiger partial charge in [-0.2, -0.15) is 0 Å². The van der Waals surface area contributed by atoms with Crippen molar-refractivity contribution in [3.05, 3.63) is 97.1 Å². The van der Waals surface area contributed by atoms with Crippen LogP contribution >= 0.6 is 11.3 Å². The van der Waals surface area contributed by atoms with Crippen LogP contribution in [0.5, 0.6) is 0 Å². The van der Waals surface area contributed by atoms with E-state index in [1.165, 1.54) is 63.6 Å². The summed E-state index contributed by atoms with van der Waals surface area (Å²) in [7, 11) is 0. The molecular weight excluding hydrogens is 368 g/mol. The van der Waals surface area contributed by atoms with Crippen LogP contribution in [0.3, 0.4) is 0 Å². The summed E-state index contributed by atoms with van der Waals surface area (Å²) in [5, 5.41) is 10.8. The van der Waals surface area contributed by atoms with E-state index in [-0.39, 0.29) is 0 Å². The highest BCUT2D eigenvalue weighted by Gasteiger charge is 2.13. The van der Waals surface area contributed by atoms with Gasteiger partial charge in [-0.25, -0.2) is 0 Å². The summed E-state index contributed by atoms with van der Waals surface area (Å²) in [6, 6.07) is 35.9. The van der Waals surface area contributed by atoms with Gasteiger partial charge in [0.15, 0.2) is 0 Å². The van der Waals surface area contributed by atoms with E-state index in [4.69, 9.17) is 0 Å². The van der Waals surface area contributed by atoms with Crippen molar-refractivity contribution in [2.24, 2.45) is 0 Å². The van der Waals surface area contributed by atoms with Crippen molar-refractivity contribution < 1.29 is 0 Å². The molecule has 0 aliphatic heterocycles. The van der Waals surface area contributed by atoms with Crippen LogP contribution in [0.1, 0.15) is 0 Å². The second-order valence-electron chi connectivity index (χ2n) is 7.78. The van der Waals surface area contributed by atoms with Crippen LogP contribution in [0.2, 0.25) is 0 Å². The maximum absolute atomic E-state index is 2.37. The molecule has 0 aliphatic carbocycles. The molecule has 0 bridgehead atoms. The van der Waals surface area contributed by atoms with E-state index in [1.807, 2.05) is 11.3 Å². The molecule has 6 aromatic carbocycles. The summed E-state index contributed by atoms with van der Waals surface area (Å²) in [5.74, 6) is 0. The number of fused-ring (bicyclic) bond motifs is 3. The van der Waals surface area contributed by atoms with Crippen molar-refractivity contribution in [2.45, 2.75) is 0 Å². The van der Waals surface area contributed by atoms with E-state index in [0.29, 0.717) is 0 Å². The largest absolute Gasteiger partial charge is 0.135 e. The molecule has 0 aliphatic rings. The smallest absolute Gasteiger partial charge is 0.0361 e. The van der Waals surface area contributed by atoms with Crippen molar-refractivity contribution in [3.63, 3.8) is 0 Å². The molecule has 0 saturated heterocycles. The monoisotopic (exact) mass is 384 g/mol. The Morgan fingerprint density at radius 3 is 2.03 bits per heavy atom. The van der Waals surface area contributed by atoms with Crippen LogP contribution in [0.15, 0.2) is 97.1 Å². The number of hydrogen-bond donors (Lipinski definition) is 0. The first-order valence-corrected chi connectivity index (χ1v) is 10.8. The Bertz CT molecular complexity index is 1680. The fraction of sp³-hybridized carbons (Fsp3) is 0. The molecule has 0 radical (unpaired) electrons. The maximum Gasteiger partial charge on any atom is 0.0361 e. The van der Waals surface area contributed by atoms with Gasteiger partial charge in [-0.1, -0.05) is 84.9 Å². The lowest BCUT2D eigenvalue weighted by Gasteiger charge is -2.14. The molecule has 0 atom stereocenters. The van der Waals surface area contributed by atoms with E-state index in [2.05, 4.69) is 97.1 Å². The van der Waals surface area contributed by atoms with Gasteiger partial charge in [0.25, 0.3) is 0 Å². The molecule has 0 amide bonds. The van der Waals surface area contributed by atoms with Crippen LogP contribution < -0.4 is 0 Å². The molecule has 0 fully saturated rings. The van der Waals surface area contributed by atoms with E-state index in [1.54, 1.807) is 0 Å². The van der Waals surface area contributed by atoms with Crippen LogP contribution in [-0.4, -0.2) is 0 Å². The van der Waals surface area contributed by atoms with Crippen molar-refractivity contribution in [2.75, 3.05) is 0 Å². The fourth-order valence-corrected chi connectivity index (χ4v) is 6.03. The average Bonchev–Trinajstić information content (AvgIpc) is 3.15. The molecule has 29 heavy (non-hydrogen) atoms. The minimum absolute atomic E-state index is 1.29. The Morgan fingerprint density at radius 1 is 0.448 bits per heavy atom. The summed E-state index contributed by atoms with van der Waals surface area (Å²) < 4.78 is 2.71. The van der Waals surface area contributed by atoms with Crippen molar-refractivity contribution >= 4 is 63.8 Å². The van der Waals surface area contributed by atoms with Gasteiger partial charge in [0.05, 0.1) is 0 Å². The second kappa shape index (κ2) is 5.56. The zero-order chi connectivity index (χ0) is 18.9. The maximum atomic E-state index is 2.37. The molecule has 7 aromatic rings. The van der Waals surface area contributed by atoms with E-state index >= 15 is 0 Å². The van der Waals surface area contributed by atoms with Gasteiger partial charge >= 0.3 is 0 Å². The average molecular weight is 385 g/mol. The van der Waals surface area contributed by atoms with Crippen LogP contribution in [0.4, 0.5) is 0 Å².